The van der Waals surface area contributed by atoms with Crippen molar-refractivity contribution < 1.29 is 13.2 Å². The summed E-state index contributed by atoms with van der Waals surface area (Å²) in [7, 11) is -2.12. The van der Waals surface area contributed by atoms with Crippen molar-refractivity contribution in [1.82, 2.24) is 14.5 Å². The summed E-state index contributed by atoms with van der Waals surface area (Å²) in [6.45, 7) is 2.42. The summed E-state index contributed by atoms with van der Waals surface area (Å²) in [6.07, 6.45) is 3.02. The van der Waals surface area contributed by atoms with Gasteiger partial charge in [-0.2, -0.15) is 5.10 Å². The van der Waals surface area contributed by atoms with Crippen molar-refractivity contribution in [2.45, 2.75) is 18.4 Å². The van der Waals surface area contributed by atoms with Crippen molar-refractivity contribution >= 4 is 27.8 Å². The minimum atomic E-state index is -3.48. The normalized spacial score (nSPS) is 11.7. The van der Waals surface area contributed by atoms with Gasteiger partial charge in [0.15, 0.2) is 0 Å². The molecule has 3 aromatic rings. The molecule has 1 aromatic heterocycles. The van der Waals surface area contributed by atoms with Crippen LogP contribution in [-0.4, -0.2) is 31.2 Å². The second kappa shape index (κ2) is 8.85. The number of nitrogens with zero attached hydrogens (tertiary/aromatic N) is 2. The highest BCUT2D eigenvalue weighted by atomic mass is 32.2. The molecule has 0 aliphatic carbocycles. The predicted octanol–water partition coefficient (Wildman–Crippen LogP) is 2.80. The van der Waals surface area contributed by atoms with Crippen molar-refractivity contribution in [3.8, 4) is 0 Å². The Morgan fingerprint density at radius 1 is 1.10 bits per heavy atom. The molecular formula is C21H22N4O3S. The molecule has 7 nitrogen and oxygen atoms in total. The lowest BCUT2D eigenvalue weighted by molar-refractivity contribution is -0.111. The van der Waals surface area contributed by atoms with Gasteiger partial charge in [-0.25, -0.2) is 17.8 Å². The number of sulfonamides is 1. The number of hydrogen-bond acceptors (Lipinski definition) is 4. The van der Waals surface area contributed by atoms with Crippen molar-refractivity contribution in [3.05, 3.63) is 83.6 Å². The third kappa shape index (κ3) is 5.40. The molecule has 0 bridgehead atoms. The van der Waals surface area contributed by atoms with Gasteiger partial charge >= 0.3 is 0 Å². The average molecular weight is 410 g/mol. The number of hydrogen-bond donors (Lipinski definition) is 2. The minimum absolute atomic E-state index is 0.168. The molecule has 0 unspecified atom stereocenters. The number of anilines is 1. The Kier molecular flexibility index (Phi) is 6.26. The highest BCUT2D eigenvalue weighted by Crippen LogP contribution is 2.14. The average Bonchev–Trinajstić information content (AvgIpc) is 3.06. The van der Waals surface area contributed by atoms with Crippen LogP contribution in [0.1, 0.15) is 16.8 Å². The number of carbonyl (C=O) groups is 1. The Morgan fingerprint density at radius 3 is 2.45 bits per heavy atom. The van der Waals surface area contributed by atoms with E-state index in [0.29, 0.717) is 17.9 Å². The molecule has 29 heavy (non-hydrogen) atoms. The maximum Gasteiger partial charge on any atom is 0.249 e. The van der Waals surface area contributed by atoms with E-state index in [2.05, 4.69) is 15.1 Å². The van der Waals surface area contributed by atoms with Gasteiger partial charge in [-0.3, -0.25) is 4.79 Å². The predicted molar refractivity (Wildman–Crippen MR) is 113 cm³/mol. The lowest BCUT2D eigenvalue weighted by Gasteiger charge is -2.08. The van der Waals surface area contributed by atoms with Gasteiger partial charge < -0.3 is 5.32 Å². The summed E-state index contributed by atoms with van der Waals surface area (Å²) < 4.78 is 27.5. The zero-order valence-electron chi connectivity index (χ0n) is 16.2. The fourth-order valence-corrected chi connectivity index (χ4v) is 3.47. The molecule has 1 heterocycles. The monoisotopic (exact) mass is 410 g/mol. The number of aromatic nitrogens is 2. The van der Waals surface area contributed by atoms with E-state index in [-0.39, 0.29) is 10.8 Å². The zero-order valence-corrected chi connectivity index (χ0v) is 17.0. The van der Waals surface area contributed by atoms with E-state index < -0.39 is 10.0 Å². The lowest BCUT2D eigenvalue weighted by atomic mass is 10.2. The van der Waals surface area contributed by atoms with Crippen LogP contribution < -0.4 is 10.0 Å². The van der Waals surface area contributed by atoms with Gasteiger partial charge in [-0.15, -0.1) is 0 Å². The quantitative estimate of drug-likeness (QED) is 0.586. The molecule has 150 valence electrons. The van der Waals surface area contributed by atoms with Crippen molar-refractivity contribution in [3.63, 3.8) is 0 Å². The second-order valence-electron chi connectivity index (χ2n) is 6.41. The summed E-state index contributed by atoms with van der Waals surface area (Å²) in [5, 5.41) is 7.27. The summed E-state index contributed by atoms with van der Waals surface area (Å²) >= 11 is 0. The third-order valence-corrected chi connectivity index (χ3v) is 5.65. The van der Waals surface area contributed by atoms with Gasteiger partial charge in [0, 0.05) is 12.1 Å². The number of amides is 1. The molecule has 2 N–H and O–H groups in total. The van der Waals surface area contributed by atoms with Gasteiger partial charge in [0.25, 0.3) is 0 Å². The smallest absolute Gasteiger partial charge is 0.249 e. The first-order chi connectivity index (χ1) is 13.9. The maximum atomic E-state index is 12.3. The zero-order chi connectivity index (χ0) is 20.9. The molecule has 0 aliphatic heterocycles. The van der Waals surface area contributed by atoms with Crippen molar-refractivity contribution in [2.75, 3.05) is 12.4 Å². The van der Waals surface area contributed by atoms with Crippen LogP contribution in [0.5, 0.6) is 0 Å². The van der Waals surface area contributed by atoms with Crippen LogP contribution >= 0.6 is 0 Å². The molecule has 0 saturated carbocycles. The van der Waals surface area contributed by atoms with Crippen molar-refractivity contribution in [1.29, 1.82) is 0 Å². The number of aryl methyl sites for hydroxylation is 1. The van der Waals surface area contributed by atoms with Crippen LogP contribution in [0.3, 0.4) is 0 Å². The fourth-order valence-electron chi connectivity index (χ4n) is 2.74. The van der Waals surface area contributed by atoms with E-state index in [9.17, 15) is 13.2 Å². The van der Waals surface area contributed by atoms with E-state index in [1.165, 1.54) is 25.3 Å². The first kappa shape index (κ1) is 20.5. The van der Waals surface area contributed by atoms with E-state index in [1.54, 1.807) is 22.9 Å². The Balaban J connectivity index is 1.68. The molecule has 0 aliphatic rings. The van der Waals surface area contributed by atoms with Crippen LogP contribution in [0.25, 0.3) is 6.08 Å². The van der Waals surface area contributed by atoms with Gasteiger partial charge in [0.1, 0.15) is 5.82 Å². The first-order valence-electron chi connectivity index (χ1n) is 8.98. The maximum absolute atomic E-state index is 12.3. The Morgan fingerprint density at radius 2 is 1.79 bits per heavy atom. The van der Waals surface area contributed by atoms with E-state index in [0.717, 1.165) is 11.3 Å². The molecule has 3 rings (SSSR count). The van der Waals surface area contributed by atoms with Crippen LogP contribution in [0, 0.1) is 6.92 Å². The number of nitrogens with one attached hydrogen (secondary N) is 2. The first-order valence-corrected chi connectivity index (χ1v) is 10.5. The third-order valence-electron chi connectivity index (χ3n) is 4.21. The largest absolute Gasteiger partial charge is 0.307 e. The van der Waals surface area contributed by atoms with Crippen LogP contribution in [0.15, 0.2) is 71.6 Å². The standard InChI is InChI=1S/C21H22N4O3S/c1-16-14-20(25(24-16)15-18-6-4-3-5-7-18)23-21(26)13-10-17-8-11-19(12-9-17)29(27,28)22-2/h3-14,22H,15H2,1-2H3,(H,23,26)/b13-10+. The summed E-state index contributed by atoms with van der Waals surface area (Å²) in [5.74, 6) is 0.308. The Bertz CT molecular complexity index is 1120. The summed E-state index contributed by atoms with van der Waals surface area (Å²) in [4.78, 5) is 12.5. The minimum Gasteiger partial charge on any atom is -0.307 e. The van der Waals surface area contributed by atoms with Gasteiger partial charge in [0.05, 0.1) is 17.1 Å². The van der Waals surface area contributed by atoms with Crippen LogP contribution in [-0.2, 0) is 21.4 Å². The van der Waals surface area contributed by atoms with Gasteiger partial charge in [-0.05, 0) is 43.3 Å². The SMILES string of the molecule is CNS(=O)(=O)c1ccc(/C=C/C(=O)Nc2cc(C)nn2Cc2ccccc2)cc1. The van der Waals surface area contributed by atoms with Crippen LogP contribution in [0.4, 0.5) is 5.82 Å². The second-order valence-corrected chi connectivity index (χ2v) is 8.30. The Hall–Kier alpha value is -3.23. The van der Waals surface area contributed by atoms with E-state index >= 15 is 0 Å². The van der Waals surface area contributed by atoms with E-state index in [4.69, 9.17) is 0 Å². The Labute approximate surface area is 170 Å². The highest BCUT2D eigenvalue weighted by molar-refractivity contribution is 7.89. The van der Waals surface area contributed by atoms with Gasteiger partial charge in [-0.1, -0.05) is 42.5 Å². The molecule has 0 saturated heterocycles. The molecular weight excluding hydrogens is 388 g/mol. The summed E-state index contributed by atoms with van der Waals surface area (Å²) in [6, 6.07) is 17.9. The number of rotatable bonds is 7. The van der Waals surface area contributed by atoms with Crippen LogP contribution in [0.2, 0.25) is 0 Å². The summed E-state index contributed by atoms with van der Waals surface area (Å²) in [5.41, 5.74) is 2.60. The number of benzene rings is 2. The lowest BCUT2D eigenvalue weighted by Crippen LogP contribution is -2.18. The van der Waals surface area contributed by atoms with Crippen molar-refractivity contribution in [2.24, 2.45) is 0 Å². The molecule has 0 atom stereocenters. The molecule has 8 heteroatoms. The highest BCUT2D eigenvalue weighted by Gasteiger charge is 2.10. The molecule has 0 fully saturated rings. The van der Waals surface area contributed by atoms with E-state index in [1.807, 2.05) is 43.3 Å². The molecule has 0 spiro atoms. The molecule has 2 aromatic carbocycles. The fraction of sp³-hybridized carbons (Fsp3) is 0.143. The molecule has 0 radical (unpaired) electrons. The number of carbonyl (C=O) groups excluding carboxylic acids is 1. The van der Waals surface area contributed by atoms with Gasteiger partial charge in [0.2, 0.25) is 15.9 Å². The molecule has 1 amide bonds. The topological polar surface area (TPSA) is 93.1 Å².